The highest BCUT2D eigenvalue weighted by atomic mass is 16.6. The van der Waals surface area contributed by atoms with Crippen LogP contribution in [0.5, 0.6) is 0 Å². The van der Waals surface area contributed by atoms with E-state index in [4.69, 9.17) is 9.47 Å². The van der Waals surface area contributed by atoms with Crippen molar-refractivity contribution in [2.24, 2.45) is 0 Å². The van der Waals surface area contributed by atoms with Gasteiger partial charge in [0.05, 0.1) is 5.52 Å². The summed E-state index contributed by atoms with van der Waals surface area (Å²) < 4.78 is 12.6. The van der Waals surface area contributed by atoms with Crippen LogP contribution >= 0.6 is 0 Å². The molecule has 0 saturated heterocycles. The Morgan fingerprint density at radius 1 is 0.925 bits per heavy atom. The molecule has 0 unspecified atom stereocenters. The number of aromatic nitrogens is 1. The number of benzene rings is 3. The van der Waals surface area contributed by atoms with E-state index in [9.17, 15) is 19.5 Å². The predicted octanol–water partition coefficient (Wildman–Crippen LogP) is 6.27. The molecular formula is C32H32N2O6. The molecule has 0 saturated carbocycles. The van der Waals surface area contributed by atoms with Crippen LogP contribution in [0.25, 0.3) is 22.0 Å². The molecule has 1 aromatic heterocycles. The SMILES string of the molecule is Cc1c(C[C@@H](NC(=O)OCC2c3ccccc3-c3ccccc32)C(=O)O)c2ccccc2n1C(=O)OC(C)(C)C. The first-order valence-electron chi connectivity index (χ1n) is 13.2. The highest BCUT2D eigenvalue weighted by Gasteiger charge is 2.31. The van der Waals surface area contributed by atoms with Crippen LogP contribution in [0.2, 0.25) is 0 Å². The summed E-state index contributed by atoms with van der Waals surface area (Å²) in [6, 6.07) is 21.9. The lowest BCUT2D eigenvalue weighted by molar-refractivity contribution is -0.139. The Morgan fingerprint density at radius 3 is 2.10 bits per heavy atom. The number of carboxylic acids is 1. The number of amides is 1. The highest BCUT2D eigenvalue weighted by molar-refractivity contribution is 5.94. The second kappa shape index (κ2) is 10.5. The van der Waals surface area contributed by atoms with Crippen LogP contribution in [0.4, 0.5) is 9.59 Å². The zero-order chi connectivity index (χ0) is 28.6. The van der Waals surface area contributed by atoms with Gasteiger partial charge in [-0.2, -0.15) is 0 Å². The maximum atomic E-state index is 13.0. The zero-order valence-electron chi connectivity index (χ0n) is 22.9. The predicted molar refractivity (Wildman–Crippen MR) is 152 cm³/mol. The number of carboxylic acid groups (broad SMARTS) is 1. The summed E-state index contributed by atoms with van der Waals surface area (Å²) in [4.78, 5) is 38.1. The average molecular weight is 541 g/mol. The summed E-state index contributed by atoms with van der Waals surface area (Å²) in [6.07, 6.45) is -1.41. The Bertz CT molecular complexity index is 1570. The van der Waals surface area contributed by atoms with Gasteiger partial charge >= 0.3 is 18.2 Å². The van der Waals surface area contributed by atoms with E-state index in [-0.39, 0.29) is 18.9 Å². The first-order chi connectivity index (χ1) is 19.0. The molecule has 1 aliphatic carbocycles. The molecule has 3 aromatic carbocycles. The van der Waals surface area contributed by atoms with E-state index < -0.39 is 29.8 Å². The largest absolute Gasteiger partial charge is 0.480 e. The lowest BCUT2D eigenvalue weighted by atomic mass is 9.98. The summed E-state index contributed by atoms with van der Waals surface area (Å²) >= 11 is 0. The fourth-order valence-corrected chi connectivity index (χ4v) is 5.42. The molecule has 0 fully saturated rings. The van der Waals surface area contributed by atoms with E-state index in [1.165, 1.54) is 4.57 Å². The standard InChI is InChI=1S/C32H32N2O6/c1-19-25(24-15-9-10-16-28(24)34(19)31(38)40-32(2,3)4)17-27(29(35)36)33-30(37)39-18-26-22-13-7-5-11-20(22)21-12-6-8-14-23(21)26/h5-16,26-27H,17-18H2,1-4H3,(H,33,37)(H,35,36)/t27-/m1/s1. The van der Waals surface area contributed by atoms with Crippen LogP contribution in [-0.2, 0) is 20.7 Å². The minimum Gasteiger partial charge on any atom is -0.480 e. The van der Waals surface area contributed by atoms with Gasteiger partial charge in [-0.3, -0.25) is 0 Å². The zero-order valence-corrected chi connectivity index (χ0v) is 22.9. The lowest BCUT2D eigenvalue weighted by Gasteiger charge is -2.20. The third kappa shape index (κ3) is 5.17. The minimum atomic E-state index is -1.27. The third-order valence-electron chi connectivity index (χ3n) is 7.16. The minimum absolute atomic E-state index is 0.0400. The Hall–Kier alpha value is -4.59. The van der Waals surface area contributed by atoms with Crippen LogP contribution < -0.4 is 5.32 Å². The Balaban J connectivity index is 1.34. The summed E-state index contributed by atoms with van der Waals surface area (Å²) in [5, 5.41) is 13.2. The van der Waals surface area contributed by atoms with Crippen molar-refractivity contribution in [3.8, 4) is 11.1 Å². The number of nitrogens with one attached hydrogen (secondary N) is 1. The van der Waals surface area contributed by atoms with Crippen molar-refractivity contribution in [3.05, 3.63) is 95.2 Å². The Labute approximate surface area is 232 Å². The quantitative estimate of drug-likeness (QED) is 0.299. The first-order valence-corrected chi connectivity index (χ1v) is 13.2. The fourth-order valence-electron chi connectivity index (χ4n) is 5.42. The maximum Gasteiger partial charge on any atom is 0.419 e. The summed E-state index contributed by atoms with van der Waals surface area (Å²) in [5.41, 5.74) is 5.43. The summed E-state index contributed by atoms with van der Waals surface area (Å²) in [6.45, 7) is 7.16. The van der Waals surface area contributed by atoms with Crippen LogP contribution in [0.15, 0.2) is 72.8 Å². The van der Waals surface area contributed by atoms with Crippen molar-refractivity contribution >= 4 is 29.1 Å². The van der Waals surface area contributed by atoms with Crippen molar-refractivity contribution < 1.29 is 29.0 Å². The fraction of sp³-hybridized carbons (Fsp3) is 0.281. The van der Waals surface area contributed by atoms with Crippen molar-refractivity contribution in [2.45, 2.75) is 51.7 Å². The van der Waals surface area contributed by atoms with Gasteiger partial charge in [0.25, 0.3) is 0 Å². The van der Waals surface area contributed by atoms with Gasteiger partial charge in [0.2, 0.25) is 0 Å². The number of hydrogen-bond acceptors (Lipinski definition) is 5. The molecule has 8 nitrogen and oxygen atoms in total. The van der Waals surface area contributed by atoms with Gasteiger partial charge in [0.1, 0.15) is 18.2 Å². The molecule has 1 heterocycles. The number of alkyl carbamates (subject to hydrolysis) is 1. The van der Waals surface area contributed by atoms with Gasteiger partial charge in [-0.25, -0.2) is 19.0 Å². The molecule has 1 aliphatic rings. The number of aliphatic carboxylic acids is 1. The van der Waals surface area contributed by atoms with Gasteiger partial charge in [-0.05, 0) is 61.6 Å². The summed E-state index contributed by atoms with van der Waals surface area (Å²) in [7, 11) is 0. The number of hydrogen-bond donors (Lipinski definition) is 2. The molecule has 1 atom stereocenters. The molecule has 4 aromatic rings. The van der Waals surface area contributed by atoms with E-state index in [1.54, 1.807) is 39.8 Å². The molecular weight excluding hydrogens is 508 g/mol. The molecule has 8 heteroatoms. The maximum absolute atomic E-state index is 13.0. The number of para-hydroxylation sites is 1. The molecule has 0 spiro atoms. The monoisotopic (exact) mass is 540 g/mol. The van der Waals surface area contributed by atoms with Gasteiger partial charge in [0, 0.05) is 23.4 Å². The van der Waals surface area contributed by atoms with Gasteiger partial charge in [-0.15, -0.1) is 0 Å². The van der Waals surface area contributed by atoms with Crippen molar-refractivity contribution in [1.82, 2.24) is 9.88 Å². The number of fused-ring (bicyclic) bond motifs is 4. The van der Waals surface area contributed by atoms with Crippen LogP contribution in [-0.4, -0.2) is 46.1 Å². The van der Waals surface area contributed by atoms with Gasteiger partial charge in [-0.1, -0.05) is 66.7 Å². The number of carbonyl (C=O) groups is 3. The van der Waals surface area contributed by atoms with E-state index in [2.05, 4.69) is 5.32 Å². The number of nitrogens with zero attached hydrogens (tertiary/aromatic N) is 1. The smallest absolute Gasteiger partial charge is 0.419 e. The lowest BCUT2D eigenvalue weighted by Crippen LogP contribution is -2.43. The molecule has 0 bridgehead atoms. The molecule has 40 heavy (non-hydrogen) atoms. The third-order valence-corrected chi connectivity index (χ3v) is 7.16. The van der Waals surface area contributed by atoms with Gasteiger partial charge in [0.15, 0.2) is 0 Å². The van der Waals surface area contributed by atoms with Crippen molar-refractivity contribution in [3.63, 3.8) is 0 Å². The van der Waals surface area contributed by atoms with Crippen LogP contribution in [0.3, 0.4) is 0 Å². The number of carbonyl (C=O) groups excluding carboxylic acids is 2. The van der Waals surface area contributed by atoms with Crippen LogP contribution in [0.1, 0.15) is 49.1 Å². The number of rotatable bonds is 6. The molecule has 0 aliphatic heterocycles. The van der Waals surface area contributed by atoms with E-state index >= 15 is 0 Å². The molecule has 206 valence electrons. The number of ether oxygens (including phenoxy) is 2. The van der Waals surface area contributed by atoms with E-state index in [0.29, 0.717) is 22.2 Å². The molecule has 2 N–H and O–H groups in total. The highest BCUT2D eigenvalue weighted by Crippen LogP contribution is 2.44. The molecule has 1 amide bonds. The van der Waals surface area contributed by atoms with E-state index in [1.807, 2.05) is 60.7 Å². The molecule has 0 radical (unpaired) electrons. The normalized spacial score (nSPS) is 13.4. The van der Waals surface area contributed by atoms with Crippen molar-refractivity contribution in [2.75, 3.05) is 6.61 Å². The van der Waals surface area contributed by atoms with E-state index in [0.717, 1.165) is 22.3 Å². The average Bonchev–Trinajstić information content (AvgIpc) is 3.37. The Morgan fingerprint density at radius 2 is 1.50 bits per heavy atom. The Kier molecular flexibility index (Phi) is 7.10. The topological polar surface area (TPSA) is 107 Å². The van der Waals surface area contributed by atoms with Crippen LogP contribution in [0, 0.1) is 6.92 Å². The summed E-state index contributed by atoms with van der Waals surface area (Å²) in [5.74, 6) is -1.35. The second-order valence-corrected chi connectivity index (χ2v) is 11.0. The molecule has 5 rings (SSSR count). The van der Waals surface area contributed by atoms with Crippen molar-refractivity contribution in [1.29, 1.82) is 0 Å². The second-order valence-electron chi connectivity index (χ2n) is 11.0. The first kappa shape index (κ1) is 27.0. The van der Waals surface area contributed by atoms with Gasteiger partial charge < -0.3 is 19.9 Å².